The number of ether oxygens (including phenoxy) is 1. The molecule has 0 aliphatic carbocycles. The van der Waals surface area contributed by atoms with E-state index in [1.165, 1.54) is 96.3 Å². The highest BCUT2D eigenvalue weighted by Crippen LogP contribution is 2.43. The molecule has 0 rings (SSSR count). The second-order valence-electron chi connectivity index (χ2n) is 16.6. The fourth-order valence-corrected chi connectivity index (χ4v) is 7.42. The summed E-state index contributed by atoms with van der Waals surface area (Å²) in [4.78, 5) is 46.1. The second kappa shape index (κ2) is 45.7. The molecule has 63 heavy (non-hydrogen) atoms. The number of amides is 1. The summed E-state index contributed by atoms with van der Waals surface area (Å²) < 4.78 is 26.9. The monoisotopic (exact) mass is 908 g/mol. The molecule has 3 unspecified atom stereocenters. The number of unbranched alkanes of at least 4 members (excludes halogenated alkanes) is 22. The van der Waals surface area contributed by atoms with Gasteiger partial charge in [-0.1, -0.05) is 177 Å². The first kappa shape index (κ1) is 60.2. The Bertz CT molecular complexity index is 1300. The molecule has 0 aliphatic rings. The van der Waals surface area contributed by atoms with Gasteiger partial charge < -0.3 is 25.2 Å². The number of phosphoric acid groups is 1. The van der Waals surface area contributed by atoms with Crippen molar-refractivity contribution in [2.75, 3.05) is 19.8 Å². The van der Waals surface area contributed by atoms with Crippen molar-refractivity contribution in [1.29, 1.82) is 0 Å². The Morgan fingerprint density at radius 1 is 0.508 bits per heavy atom. The molecular weight excluding hydrogens is 818 g/mol. The van der Waals surface area contributed by atoms with E-state index in [1.807, 2.05) is 0 Å². The van der Waals surface area contributed by atoms with Crippen LogP contribution in [0.2, 0.25) is 0 Å². The summed E-state index contributed by atoms with van der Waals surface area (Å²) >= 11 is 0. The zero-order valence-corrected chi connectivity index (χ0v) is 40.5. The maximum atomic E-state index is 12.4. The third-order valence-electron chi connectivity index (χ3n) is 10.5. The van der Waals surface area contributed by atoms with E-state index >= 15 is 0 Å². The van der Waals surface area contributed by atoms with Gasteiger partial charge in [-0.15, -0.1) is 0 Å². The summed E-state index contributed by atoms with van der Waals surface area (Å²) in [5, 5.41) is 21.9. The highest BCUT2D eigenvalue weighted by molar-refractivity contribution is 7.47. The van der Waals surface area contributed by atoms with Crippen LogP contribution in [0.15, 0.2) is 60.8 Å². The van der Waals surface area contributed by atoms with Crippen LogP contribution in [0, 0.1) is 0 Å². The smallest absolute Gasteiger partial charge is 0.472 e. The Kier molecular flexibility index (Phi) is 43.7. The van der Waals surface area contributed by atoms with Crippen LogP contribution in [-0.2, 0) is 32.7 Å². The number of aliphatic hydroxyl groups excluding tert-OH is 1. The Morgan fingerprint density at radius 2 is 0.873 bits per heavy atom. The normalized spacial score (nSPS) is 14.1. The van der Waals surface area contributed by atoms with Gasteiger partial charge in [-0.25, -0.2) is 9.36 Å². The van der Waals surface area contributed by atoms with Crippen LogP contribution in [0.3, 0.4) is 0 Å². The number of carbonyl (C=O) groups excluding carboxylic acids is 2. The first-order valence-corrected chi connectivity index (χ1v) is 26.3. The molecule has 12 heteroatoms. The molecule has 11 nitrogen and oxygen atoms in total. The summed E-state index contributed by atoms with van der Waals surface area (Å²) in [6.07, 6.45) is 53.8. The lowest BCUT2D eigenvalue weighted by Crippen LogP contribution is -2.43. The maximum absolute atomic E-state index is 12.4. The van der Waals surface area contributed by atoms with Crippen molar-refractivity contribution in [1.82, 2.24) is 5.32 Å². The Hall–Kier alpha value is -2.82. The maximum Gasteiger partial charge on any atom is 0.472 e. The van der Waals surface area contributed by atoms with Gasteiger partial charge in [0, 0.05) is 12.8 Å². The van der Waals surface area contributed by atoms with E-state index in [0.717, 1.165) is 77.0 Å². The average molecular weight is 908 g/mol. The number of carboxylic acid groups (broad SMARTS) is 1. The molecule has 0 radical (unpaired) electrons. The molecule has 364 valence electrons. The van der Waals surface area contributed by atoms with Crippen molar-refractivity contribution in [2.24, 2.45) is 0 Å². The molecular formula is C51H90NO10P. The molecule has 1 amide bonds. The quantitative estimate of drug-likeness (QED) is 0.0200. The van der Waals surface area contributed by atoms with Crippen LogP contribution in [-0.4, -0.2) is 64.9 Å². The van der Waals surface area contributed by atoms with Gasteiger partial charge in [0.15, 0.2) is 6.04 Å². The molecule has 0 heterocycles. The minimum atomic E-state index is -4.77. The van der Waals surface area contributed by atoms with Crippen LogP contribution in [0.4, 0.5) is 0 Å². The molecule has 0 saturated carbocycles. The molecule has 0 bridgehead atoms. The van der Waals surface area contributed by atoms with E-state index in [9.17, 15) is 34.1 Å². The van der Waals surface area contributed by atoms with Crippen LogP contribution in [0.25, 0.3) is 0 Å². The SMILES string of the molecule is CCCCC/C=C\C/C=C\C/C=C\C/C=C\CCCCCCCC(=O)NC(COP(=O)(O)OCC(O)COC(=O)CCCCCCCCC/C=C\CCCCCCCCC)C(=O)O. The lowest BCUT2D eigenvalue weighted by Gasteiger charge is -2.18. The summed E-state index contributed by atoms with van der Waals surface area (Å²) in [6.45, 7) is 2.56. The molecule has 0 fully saturated rings. The van der Waals surface area contributed by atoms with Crippen molar-refractivity contribution in [3.63, 3.8) is 0 Å². The number of allylic oxidation sites excluding steroid dienone is 10. The van der Waals surface area contributed by atoms with Gasteiger partial charge in [0.2, 0.25) is 5.91 Å². The van der Waals surface area contributed by atoms with Gasteiger partial charge in [0.25, 0.3) is 0 Å². The molecule has 3 atom stereocenters. The molecule has 0 aromatic heterocycles. The number of aliphatic hydroxyl groups is 1. The summed E-state index contributed by atoms with van der Waals surface area (Å²) in [5.74, 6) is -2.40. The van der Waals surface area contributed by atoms with Crippen LogP contribution in [0.5, 0.6) is 0 Å². The first-order valence-electron chi connectivity index (χ1n) is 24.8. The van der Waals surface area contributed by atoms with Crippen molar-refractivity contribution < 1.29 is 47.8 Å². The van der Waals surface area contributed by atoms with Gasteiger partial charge >= 0.3 is 19.8 Å². The van der Waals surface area contributed by atoms with E-state index < -0.39 is 57.6 Å². The lowest BCUT2D eigenvalue weighted by atomic mass is 10.1. The minimum Gasteiger partial charge on any atom is -0.480 e. The van der Waals surface area contributed by atoms with Crippen LogP contribution >= 0.6 is 7.82 Å². The van der Waals surface area contributed by atoms with Crippen molar-refractivity contribution >= 4 is 25.7 Å². The first-order chi connectivity index (χ1) is 30.6. The van der Waals surface area contributed by atoms with Gasteiger partial charge in [-0.3, -0.25) is 18.6 Å². The van der Waals surface area contributed by atoms with E-state index in [0.29, 0.717) is 12.8 Å². The van der Waals surface area contributed by atoms with Crippen LogP contribution in [0.1, 0.15) is 213 Å². The lowest BCUT2D eigenvalue weighted by molar-refractivity contribution is -0.147. The molecule has 0 aliphatic heterocycles. The Labute approximate surface area is 383 Å². The summed E-state index contributed by atoms with van der Waals surface area (Å²) in [6, 6.07) is -1.56. The standard InChI is InChI=1S/C51H90NO10P/c1-3-5-7-9-11-13-15-17-19-21-23-24-25-26-28-30-32-34-36-38-40-42-49(54)52-48(51(56)57)46-62-63(58,59)61-45-47(53)44-60-50(55)43-41-39-37-35-33-31-29-27-22-20-18-16-14-12-10-8-6-4-2/h11,13,17,19-20,22-24,26,28,47-48,53H,3-10,12,14-16,18,21,25,27,29-46H2,1-2H3,(H,52,54)(H,56,57)(H,58,59)/b13-11-,19-17-,22-20-,24-23-,28-26-. The van der Waals surface area contributed by atoms with Crippen molar-refractivity contribution in [3.05, 3.63) is 60.8 Å². The molecule has 0 aromatic carbocycles. The van der Waals surface area contributed by atoms with E-state index in [4.69, 9.17) is 13.8 Å². The van der Waals surface area contributed by atoms with Gasteiger partial charge in [-0.05, 0) is 83.5 Å². The zero-order valence-electron chi connectivity index (χ0n) is 39.6. The van der Waals surface area contributed by atoms with Crippen molar-refractivity contribution in [2.45, 2.75) is 225 Å². The predicted molar refractivity (Wildman–Crippen MR) is 258 cm³/mol. The number of carboxylic acids is 1. The molecule has 0 saturated heterocycles. The van der Waals surface area contributed by atoms with E-state index in [1.54, 1.807) is 0 Å². The molecule has 4 N–H and O–H groups in total. The highest BCUT2D eigenvalue weighted by atomic mass is 31.2. The third kappa shape index (κ3) is 45.5. The Morgan fingerprint density at radius 3 is 1.35 bits per heavy atom. The minimum absolute atomic E-state index is 0.122. The summed E-state index contributed by atoms with van der Waals surface area (Å²) in [7, 11) is -4.77. The molecule has 0 aromatic rings. The number of hydrogen-bond donors (Lipinski definition) is 4. The number of carbonyl (C=O) groups is 3. The van der Waals surface area contributed by atoms with Gasteiger partial charge in [-0.2, -0.15) is 0 Å². The number of aliphatic carboxylic acids is 1. The van der Waals surface area contributed by atoms with Gasteiger partial charge in [0.1, 0.15) is 12.7 Å². The number of hydrogen-bond acceptors (Lipinski definition) is 8. The number of esters is 1. The topological polar surface area (TPSA) is 169 Å². The Balaban J connectivity index is 3.90. The summed E-state index contributed by atoms with van der Waals surface area (Å²) in [5.41, 5.74) is 0. The number of nitrogens with one attached hydrogen (secondary N) is 1. The largest absolute Gasteiger partial charge is 0.480 e. The predicted octanol–water partition coefficient (Wildman–Crippen LogP) is 13.5. The van der Waals surface area contributed by atoms with E-state index in [2.05, 4.69) is 79.9 Å². The van der Waals surface area contributed by atoms with Crippen molar-refractivity contribution in [3.8, 4) is 0 Å². The van der Waals surface area contributed by atoms with Gasteiger partial charge in [0.05, 0.1) is 13.2 Å². The second-order valence-corrected chi connectivity index (χ2v) is 18.1. The fourth-order valence-electron chi connectivity index (χ4n) is 6.65. The van der Waals surface area contributed by atoms with E-state index in [-0.39, 0.29) is 12.8 Å². The highest BCUT2D eigenvalue weighted by Gasteiger charge is 2.28. The fraction of sp³-hybridized carbons (Fsp3) is 0.745. The van der Waals surface area contributed by atoms with Crippen LogP contribution < -0.4 is 5.32 Å². The number of phosphoric ester groups is 1. The average Bonchev–Trinajstić information content (AvgIpc) is 3.26. The number of rotatable bonds is 46. The third-order valence-corrected chi connectivity index (χ3v) is 11.5. The molecule has 0 spiro atoms. The zero-order chi connectivity index (χ0) is 46.3.